The Labute approximate surface area is 121 Å². The summed E-state index contributed by atoms with van der Waals surface area (Å²) in [5, 5.41) is 4.31. The molecule has 1 aromatic heterocycles. The Hall–Kier alpha value is -0.920. The van der Waals surface area contributed by atoms with Crippen molar-refractivity contribution in [1.29, 1.82) is 0 Å². The average molecular weight is 302 g/mol. The van der Waals surface area contributed by atoms with Crippen molar-refractivity contribution in [1.82, 2.24) is 14.5 Å². The van der Waals surface area contributed by atoms with Gasteiger partial charge in [-0.05, 0) is 40.2 Å². The summed E-state index contributed by atoms with van der Waals surface area (Å²) in [4.78, 5) is 0.303. The third-order valence-electron chi connectivity index (χ3n) is 3.24. The van der Waals surface area contributed by atoms with Gasteiger partial charge in [0.05, 0.1) is 11.4 Å². The number of nitrogens with zero attached hydrogens (tertiary/aromatic N) is 2. The summed E-state index contributed by atoms with van der Waals surface area (Å²) >= 11 is 0. The molecule has 1 atom stereocenters. The largest absolute Gasteiger partial charge is 0.330 e. The highest BCUT2D eigenvalue weighted by molar-refractivity contribution is 7.89. The molecular weight excluding hydrogens is 276 g/mol. The van der Waals surface area contributed by atoms with Crippen molar-refractivity contribution in [3.8, 4) is 0 Å². The maximum absolute atomic E-state index is 12.5. The number of hydrogen-bond acceptors (Lipinski definition) is 4. The molecule has 6 nitrogen and oxygen atoms in total. The summed E-state index contributed by atoms with van der Waals surface area (Å²) in [6.07, 6.45) is 2.54. The number of rotatable bonds is 8. The third kappa shape index (κ3) is 4.04. The SMILES string of the molecule is CCCC(C)NS(=O)(=O)c1c(C)nn(CCCN)c1C. The van der Waals surface area contributed by atoms with E-state index < -0.39 is 10.0 Å². The molecule has 0 aliphatic carbocycles. The summed E-state index contributed by atoms with van der Waals surface area (Å²) in [6.45, 7) is 8.63. The second kappa shape index (κ2) is 7.19. The molecule has 0 saturated carbocycles. The van der Waals surface area contributed by atoms with Gasteiger partial charge in [0.1, 0.15) is 4.90 Å². The highest BCUT2D eigenvalue weighted by atomic mass is 32.2. The minimum absolute atomic E-state index is 0.0730. The van der Waals surface area contributed by atoms with Crippen molar-refractivity contribution in [2.45, 2.75) is 64.4 Å². The van der Waals surface area contributed by atoms with Gasteiger partial charge in [-0.3, -0.25) is 4.68 Å². The minimum atomic E-state index is -3.51. The Balaban J connectivity index is 3.03. The first-order valence-corrected chi connectivity index (χ1v) is 8.58. The lowest BCUT2D eigenvalue weighted by atomic mass is 10.2. The first-order valence-electron chi connectivity index (χ1n) is 7.09. The van der Waals surface area contributed by atoms with E-state index in [4.69, 9.17) is 5.73 Å². The lowest BCUT2D eigenvalue weighted by Crippen LogP contribution is -2.33. The molecule has 0 spiro atoms. The molecule has 1 aromatic rings. The Morgan fingerprint density at radius 1 is 1.40 bits per heavy atom. The Bertz CT molecular complexity index is 537. The zero-order valence-electron chi connectivity index (χ0n) is 12.8. The quantitative estimate of drug-likeness (QED) is 0.757. The van der Waals surface area contributed by atoms with Gasteiger partial charge in [0.2, 0.25) is 10.0 Å². The van der Waals surface area contributed by atoms with Crippen molar-refractivity contribution < 1.29 is 8.42 Å². The first-order chi connectivity index (χ1) is 9.33. The number of aryl methyl sites for hydroxylation is 2. The van der Waals surface area contributed by atoms with Crippen LogP contribution in [0.15, 0.2) is 4.90 Å². The van der Waals surface area contributed by atoms with Gasteiger partial charge in [-0.1, -0.05) is 13.3 Å². The van der Waals surface area contributed by atoms with E-state index in [0.717, 1.165) is 19.3 Å². The molecule has 7 heteroatoms. The summed E-state index contributed by atoms with van der Waals surface area (Å²) in [5.74, 6) is 0. The maximum atomic E-state index is 12.5. The van der Waals surface area contributed by atoms with E-state index in [1.807, 2.05) is 13.8 Å². The lowest BCUT2D eigenvalue weighted by molar-refractivity contribution is 0.541. The predicted molar refractivity (Wildman–Crippen MR) is 80.1 cm³/mol. The monoisotopic (exact) mass is 302 g/mol. The van der Waals surface area contributed by atoms with Crippen LogP contribution in [0, 0.1) is 13.8 Å². The van der Waals surface area contributed by atoms with Crippen LogP contribution in [0.25, 0.3) is 0 Å². The van der Waals surface area contributed by atoms with Crippen molar-refractivity contribution in [2.75, 3.05) is 6.54 Å². The van der Waals surface area contributed by atoms with Crippen molar-refractivity contribution in [2.24, 2.45) is 5.73 Å². The van der Waals surface area contributed by atoms with Crippen LogP contribution < -0.4 is 10.5 Å². The van der Waals surface area contributed by atoms with Gasteiger partial charge >= 0.3 is 0 Å². The fourth-order valence-electron chi connectivity index (χ4n) is 2.34. The topological polar surface area (TPSA) is 90.0 Å². The van der Waals surface area contributed by atoms with E-state index in [0.29, 0.717) is 29.4 Å². The highest BCUT2D eigenvalue weighted by Crippen LogP contribution is 2.20. The lowest BCUT2D eigenvalue weighted by Gasteiger charge is -2.13. The molecule has 1 unspecified atom stereocenters. The molecular formula is C13H26N4O2S. The molecule has 0 amide bonds. The second-order valence-corrected chi connectivity index (χ2v) is 6.83. The van der Waals surface area contributed by atoms with Gasteiger partial charge < -0.3 is 5.73 Å². The fraction of sp³-hybridized carbons (Fsp3) is 0.769. The molecule has 3 N–H and O–H groups in total. The van der Waals surface area contributed by atoms with Gasteiger partial charge in [-0.25, -0.2) is 13.1 Å². The molecule has 20 heavy (non-hydrogen) atoms. The van der Waals surface area contributed by atoms with E-state index in [1.54, 1.807) is 18.5 Å². The molecule has 0 radical (unpaired) electrons. The number of hydrogen-bond donors (Lipinski definition) is 2. The van der Waals surface area contributed by atoms with Crippen LogP contribution in [0.3, 0.4) is 0 Å². The van der Waals surface area contributed by atoms with E-state index in [9.17, 15) is 8.42 Å². The number of nitrogens with one attached hydrogen (secondary N) is 1. The van der Waals surface area contributed by atoms with Crippen LogP contribution in [0.1, 0.15) is 44.5 Å². The van der Waals surface area contributed by atoms with Crippen molar-refractivity contribution in [3.05, 3.63) is 11.4 Å². The highest BCUT2D eigenvalue weighted by Gasteiger charge is 2.25. The maximum Gasteiger partial charge on any atom is 0.244 e. The Kier molecular flexibility index (Phi) is 6.16. The molecule has 0 aliphatic heterocycles. The standard InChI is InChI=1S/C13H26N4O2S/c1-5-7-10(2)16-20(18,19)13-11(3)15-17(12(13)4)9-6-8-14/h10,16H,5-9,14H2,1-4H3. The minimum Gasteiger partial charge on any atom is -0.330 e. The molecule has 0 saturated heterocycles. The van der Waals surface area contributed by atoms with E-state index in [1.165, 1.54) is 0 Å². The Morgan fingerprint density at radius 2 is 2.05 bits per heavy atom. The average Bonchev–Trinajstić information content (AvgIpc) is 2.61. The summed E-state index contributed by atoms with van der Waals surface area (Å²) in [6, 6.07) is -0.0730. The number of sulfonamides is 1. The first kappa shape index (κ1) is 17.1. The summed E-state index contributed by atoms with van der Waals surface area (Å²) < 4.78 is 29.4. The summed E-state index contributed by atoms with van der Waals surface area (Å²) in [7, 11) is -3.51. The Morgan fingerprint density at radius 3 is 2.60 bits per heavy atom. The van der Waals surface area contributed by atoms with E-state index >= 15 is 0 Å². The number of aromatic nitrogens is 2. The van der Waals surface area contributed by atoms with Crippen LogP contribution in [0.2, 0.25) is 0 Å². The molecule has 0 bridgehead atoms. The van der Waals surface area contributed by atoms with Crippen molar-refractivity contribution >= 4 is 10.0 Å². The van der Waals surface area contributed by atoms with E-state index in [-0.39, 0.29) is 6.04 Å². The molecule has 0 aromatic carbocycles. The predicted octanol–water partition coefficient (Wildman–Crippen LogP) is 1.32. The fourth-order valence-corrected chi connectivity index (χ4v) is 4.03. The molecule has 0 fully saturated rings. The van der Waals surface area contributed by atoms with Crippen LogP contribution in [-0.2, 0) is 16.6 Å². The van der Waals surface area contributed by atoms with Crippen LogP contribution in [-0.4, -0.2) is 30.8 Å². The van der Waals surface area contributed by atoms with Crippen LogP contribution in [0.4, 0.5) is 0 Å². The molecule has 1 rings (SSSR count). The number of nitrogens with two attached hydrogens (primary N) is 1. The van der Waals surface area contributed by atoms with Gasteiger partial charge in [-0.2, -0.15) is 5.10 Å². The van der Waals surface area contributed by atoms with Gasteiger partial charge in [0.25, 0.3) is 0 Å². The van der Waals surface area contributed by atoms with Crippen molar-refractivity contribution in [3.63, 3.8) is 0 Å². The van der Waals surface area contributed by atoms with Gasteiger partial charge in [0.15, 0.2) is 0 Å². The van der Waals surface area contributed by atoms with E-state index in [2.05, 4.69) is 9.82 Å². The second-order valence-electron chi connectivity index (χ2n) is 5.18. The molecule has 0 aliphatic rings. The summed E-state index contributed by atoms with van der Waals surface area (Å²) in [5.41, 5.74) is 6.70. The smallest absolute Gasteiger partial charge is 0.244 e. The molecule has 116 valence electrons. The van der Waals surface area contributed by atoms with Crippen LogP contribution >= 0.6 is 0 Å². The van der Waals surface area contributed by atoms with Gasteiger partial charge in [-0.15, -0.1) is 0 Å². The zero-order chi connectivity index (χ0) is 15.3. The normalized spacial score (nSPS) is 13.7. The third-order valence-corrected chi connectivity index (χ3v) is 5.08. The zero-order valence-corrected chi connectivity index (χ0v) is 13.6. The molecule has 1 heterocycles. The van der Waals surface area contributed by atoms with Gasteiger partial charge in [0, 0.05) is 12.6 Å². The van der Waals surface area contributed by atoms with Crippen LogP contribution in [0.5, 0.6) is 0 Å².